The highest BCUT2D eigenvalue weighted by Gasteiger charge is 2.07. The fourth-order valence-corrected chi connectivity index (χ4v) is 0.292. The van der Waals surface area contributed by atoms with Gasteiger partial charge >= 0.3 is 11.9 Å². The third-order valence-electron chi connectivity index (χ3n) is 0.876. The van der Waals surface area contributed by atoms with Crippen molar-refractivity contribution in [3.63, 3.8) is 0 Å². The molecule has 0 bridgehead atoms. The summed E-state index contributed by atoms with van der Waals surface area (Å²) < 4.78 is 4.17. The lowest BCUT2D eigenvalue weighted by atomic mass is 10.3. The fourth-order valence-electron chi connectivity index (χ4n) is 0.292. The molecule has 76 valence electrons. The van der Waals surface area contributed by atoms with Gasteiger partial charge in [-0.15, -0.1) is 0 Å². The lowest BCUT2D eigenvalue weighted by Crippen LogP contribution is -2.09. The van der Waals surface area contributed by atoms with Crippen molar-refractivity contribution in [2.24, 2.45) is 0 Å². The average molecular weight is 253 g/mol. The molecule has 1 unspecified atom stereocenters. The smallest absolute Gasteiger partial charge is 0.317 e. The van der Waals surface area contributed by atoms with Gasteiger partial charge in [-0.1, -0.05) is 29.4 Å². The van der Waals surface area contributed by atoms with E-state index >= 15 is 0 Å². The van der Waals surface area contributed by atoms with E-state index in [1.165, 1.54) is 6.92 Å². The Bertz CT molecular complexity index is 179. The summed E-state index contributed by atoms with van der Waals surface area (Å²) in [6, 6.07) is 0. The zero-order valence-corrected chi connectivity index (χ0v) is 9.20. The molecular formula is C8H13BrO4. The second-order valence-corrected chi connectivity index (χ2v) is 3.10. The molecule has 0 spiro atoms. The Morgan fingerprint density at radius 1 is 1.69 bits per heavy atom. The Balaban J connectivity index is 0. The number of esters is 1. The number of carboxylic acids is 1. The van der Waals surface area contributed by atoms with Gasteiger partial charge < -0.3 is 9.84 Å². The molecule has 0 saturated heterocycles. The molecule has 1 atom stereocenters. The maximum atomic E-state index is 9.88. The summed E-state index contributed by atoms with van der Waals surface area (Å²) in [5.74, 6) is -1.12. The third-order valence-corrected chi connectivity index (χ3v) is 1.91. The lowest BCUT2D eigenvalue weighted by Gasteiger charge is -1.94. The van der Waals surface area contributed by atoms with Crippen LogP contribution in [0, 0.1) is 0 Å². The van der Waals surface area contributed by atoms with E-state index in [4.69, 9.17) is 5.11 Å². The van der Waals surface area contributed by atoms with Crippen LogP contribution in [-0.2, 0) is 14.3 Å². The van der Waals surface area contributed by atoms with Crippen molar-refractivity contribution in [1.82, 2.24) is 0 Å². The van der Waals surface area contributed by atoms with Gasteiger partial charge in [0, 0.05) is 6.92 Å². The topological polar surface area (TPSA) is 63.6 Å². The van der Waals surface area contributed by atoms with Crippen LogP contribution < -0.4 is 0 Å². The number of alkyl halides is 1. The molecule has 0 aromatic carbocycles. The van der Waals surface area contributed by atoms with E-state index < -0.39 is 5.97 Å². The first-order chi connectivity index (χ1) is 5.95. The molecule has 0 aliphatic carbocycles. The minimum Gasteiger partial charge on any atom is -0.480 e. The monoisotopic (exact) mass is 252 g/mol. The molecule has 0 aliphatic rings. The molecule has 0 heterocycles. The Morgan fingerprint density at radius 3 is 2.15 bits per heavy atom. The van der Waals surface area contributed by atoms with Crippen LogP contribution in [0.3, 0.4) is 0 Å². The van der Waals surface area contributed by atoms with Crippen molar-refractivity contribution in [1.29, 1.82) is 0 Å². The van der Waals surface area contributed by atoms with Crippen molar-refractivity contribution >= 4 is 27.9 Å². The Morgan fingerprint density at radius 2 is 2.15 bits per heavy atom. The van der Waals surface area contributed by atoms with Crippen LogP contribution in [0.1, 0.15) is 20.3 Å². The van der Waals surface area contributed by atoms with Crippen LogP contribution in [-0.4, -0.2) is 21.9 Å². The summed E-state index contributed by atoms with van der Waals surface area (Å²) in [6.07, 6.45) is 1.73. The molecule has 0 radical (unpaired) electrons. The fraction of sp³-hybridized carbons (Fsp3) is 0.500. The summed E-state index contributed by atoms with van der Waals surface area (Å²) in [5, 5.41) is 8.14. The van der Waals surface area contributed by atoms with Gasteiger partial charge in [0.1, 0.15) is 4.83 Å². The number of hydrogen-bond acceptors (Lipinski definition) is 3. The average Bonchev–Trinajstić information content (AvgIpc) is 2.03. The van der Waals surface area contributed by atoms with Crippen LogP contribution in [0.2, 0.25) is 0 Å². The molecule has 0 amide bonds. The minimum absolute atomic E-state index is 0.329. The highest BCUT2D eigenvalue weighted by molar-refractivity contribution is 9.10. The summed E-state index contributed by atoms with van der Waals surface area (Å²) >= 11 is 2.94. The number of carbonyl (C=O) groups excluding carboxylic acids is 1. The molecule has 1 N–H and O–H groups in total. The molecule has 5 heteroatoms. The number of carboxylic acid groups (broad SMARTS) is 1. The minimum atomic E-state index is -0.789. The summed E-state index contributed by atoms with van der Waals surface area (Å²) in [7, 11) is 0. The molecular weight excluding hydrogens is 240 g/mol. The molecule has 13 heavy (non-hydrogen) atoms. The predicted octanol–water partition coefficient (Wildman–Crippen LogP) is 1.94. The lowest BCUT2D eigenvalue weighted by molar-refractivity contribution is -0.136. The van der Waals surface area contributed by atoms with E-state index in [0.29, 0.717) is 6.42 Å². The SMILES string of the molecule is C=COC(C)=O.CCC(Br)C(=O)O. The first kappa shape index (κ1) is 14.7. The number of ether oxygens (including phenoxy) is 1. The van der Waals surface area contributed by atoms with E-state index in [2.05, 4.69) is 27.2 Å². The highest BCUT2D eigenvalue weighted by Crippen LogP contribution is 2.02. The Hall–Kier alpha value is -0.840. The van der Waals surface area contributed by atoms with Crippen LogP contribution >= 0.6 is 15.9 Å². The Labute approximate surface area is 85.7 Å². The van der Waals surface area contributed by atoms with Gasteiger partial charge in [0.25, 0.3) is 0 Å². The van der Waals surface area contributed by atoms with Crippen molar-refractivity contribution < 1.29 is 19.4 Å². The van der Waals surface area contributed by atoms with Crippen LogP contribution in [0.15, 0.2) is 12.8 Å². The number of rotatable bonds is 3. The van der Waals surface area contributed by atoms with Crippen molar-refractivity contribution in [2.75, 3.05) is 0 Å². The van der Waals surface area contributed by atoms with Crippen LogP contribution in [0.25, 0.3) is 0 Å². The van der Waals surface area contributed by atoms with E-state index in [9.17, 15) is 9.59 Å². The molecule has 0 saturated carbocycles. The summed E-state index contributed by atoms with van der Waals surface area (Å²) in [6.45, 7) is 6.29. The summed E-state index contributed by atoms with van der Waals surface area (Å²) in [5.41, 5.74) is 0. The second kappa shape index (κ2) is 9.25. The van der Waals surface area contributed by atoms with Crippen molar-refractivity contribution in [2.45, 2.75) is 25.1 Å². The first-order valence-corrected chi connectivity index (χ1v) is 4.52. The zero-order valence-electron chi connectivity index (χ0n) is 7.62. The second-order valence-electron chi connectivity index (χ2n) is 1.99. The largest absolute Gasteiger partial charge is 0.480 e. The molecule has 0 fully saturated rings. The van der Waals surface area contributed by atoms with E-state index in [-0.39, 0.29) is 10.8 Å². The van der Waals surface area contributed by atoms with Crippen molar-refractivity contribution in [3.8, 4) is 0 Å². The maximum absolute atomic E-state index is 9.88. The molecule has 4 nitrogen and oxygen atoms in total. The number of halogens is 1. The third kappa shape index (κ3) is 14.1. The number of hydrogen-bond donors (Lipinski definition) is 1. The van der Waals surface area contributed by atoms with E-state index in [1.807, 2.05) is 6.92 Å². The molecule has 0 rings (SSSR count). The quantitative estimate of drug-likeness (QED) is 0.474. The van der Waals surface area contributed by atoms with Crippen LogP contribution in [0.5, 0.6) is 0 Å². The van der Waals surface area contributed by atoms with Gasteiger partial charge in [0.05, 0.1) is 6.26 Å². The molecule has 0 aromatic heterocycles. The standard InChI is InChI=1S/C4H7BrO2.C4H6O2/c1-2-3(5)4(6)7;1-3-6-4(2)5/h3H,2H2,1H3,(H,6,7);3H,1H2,2H3. The van der Waals surface area contributed by atoms with Crippen LogP contribution in [0.4, 0.5) is 0 Å². The normalized spacial score (nSPS) is 10.4. The predicted molar refractivity (Wildman–Crippen MR) is 52.6 cm³/mol. The number of aliphatic carboxylic acids is 1. The van der Waals surface area contributed by atoms with Gasteiger partial charge in [0.15, 0.2) is 0 Å². The van der Waals surface area contributed by atoms with Gasteiger partial charge in [-0.25, -0.2) is 0 Å². The Kier molecular flexibility index (Phi) is 10.4. The summed E-state index contributed by atoms with van der Waals surface area (Å²) in [4.78, 5) is 19.3. The zero-order chi connectivity index (χ0) is 10.9. The number of carbonyl (C=O) groups is 2. The van der Waals surface area contributed by atoms with Crippen molar-refractivity contribution in [3.05, 3.63) is 12.8 Å². The maximum Gasteiger partial charge on any atom is 0.317 e. The first-order valence-electron chi connectivity index (χ1n) is 3.60. The van der Waals surface area contributed by atoms with Gasteiger partial charge in [-0.3, -0.25) is 9.59 Å². The van der Waals surface area contributed by atoms with E-state index in [0.717, 1.165) is 6.26 Å². The van der Waals surface area contributed by atoms with Gasteiger partial charge in [-0.05, 0) is 6.42 Å². The van der Waals surface area contributed by atoms with E-state index in [1.54, 1.807) is 0 Å². The van der Waals surface area contributed by atoms with Gasteiger partial charge in [-0.2, -0.15) is 0 Å². The molecule has 0 aromatic rings. The highest BCUT2D eigenvalue weighted by atomic mass is 79.9. The van der Waals surface area contributed by atoms with Gasteiger partial charge in [0.2, 0.25) is 0 Å². The molecule has 0 aliphatic heterocycles.